The molecule has 3 atom stereocenters. The highest BCUT2D eigenvalue weighted by atomic mass is 16.7. The lowest BCUT2D eigenvalue weighted by Crippen LogP contribution is -2.46. The predicted octanol–water partition coefficient (Wildman–Crippen LogP) is 6.26. The summed E-state index contributed by atoms with van der Waals surface area (Å²) in [6.45, 7) is 6.82. The van der Waals surface area contributed by atoms with Crippen molar-refractivity contribution in [2.75, 3.05) is 14.2 Å². The van der Waals surface area contributed by atoms with Gasteiger partial charge in [-0.05, 0) is 56.7 Å². The normalized spacial score (nSPS) is 23.1. The third-order valence-corrected chi connectivity index (χ3v) is 8.14. The molecule has 6 nitrogen and oxygen atoms in total. The fraction of sp³-hybridized carbons (Fsp3) is 0.414. The molecule has 180 valence electrons. The summed E-state index contributed by atoms with van der Waals surface area (Å²) in [7, 11) is 3.08. The van der Waals surface area contributed by atoms with E-state index in [1.54, 1.807) is 13.1 Å². The van der Waals surface area contributed by atoms with Gasteiger partial charge in [-0.15, -0.1) is 0 Å². The highest BCUT2D eigenvalue weighted by molar-refractivity contribution is 6.11. The molecule has 35 heavy (non-hydrogen) atoms. The second-order valence-electron chi connectivity index (χ2n) is 10.7. The maximum Gasteiger partial charge on any atom is 0.277 e. The number of ether oxygens (including phenoxy) is 1. The summed E-state index contributed by atoms with van der Waals surface area (Å²) < 4.78 is 6.82. The Labute approximate surface area is 205 Å². The fourth-order valence-corrected chi connectivity index (χ4v) is 6.29. The molecule has 1 aromatic heterocycles. The van der Waals surface area contributed by atoms with Gasteiger partial charge in [-0.25, -0.2) is 15.0 Å². The molecular weight excluding hydrogens is 438 g/mol. The van der Waals surface area contributed by atoms with Gasteiger partial charge in [0, 0.05) is 34.9 Å². The highest BCUT2D eigenvalue weighted by Crippen LogP contribution is 2.56. The third-order valence-electron chi connectivity index (χ3n) is 8.14. The molecule has 1 fully saturated rings. The lowest BCUT2D eigenvalue weighted by Gasteiger charge is -2.49. The third kappa shape index (κ3) is 3.38. The Hall–Kier alpha value is -3.25. The van der Waals surface area contributed by atoms with Gasteiger partial charge in [0.05, 0.1) is 29.2 Å². The van der Waals surface area contributed by atoms with Gasteiger partial charge in [-0.1, -0.05) is 37.6 Å². The van der Waals surface area contributed by atoms with E-state index in [0.29, 0.717) is 28.8 Å². The van der Waals surface area contributed by atoms with E-state index >= 15 is 0 Å². The first-order valence-corrected chi connectivity index (χ1v) is 12.5. The zero-order valence-electron chi connectivity index (χ0n) is 21.0. The van der Waals surface area contributed by atoms with Gasteiger partial charge >= 0.3 is 0 Å². The Morgan fingerprint density at radius 1 is 1.06 bits per heavy atom. The van der Waals surface area contributed by atoms with Crippen LogP contribution in [0.15, 0.2) is 42.5 Å². The zero-order chi connectivity index (χ0) is 24.5. The fourth-order valence-electron chi connectivity index (χ4n) is 6.29. The molecule has 0 radical (unpaired) electrons. The maximum atomic E-state index is 12.7. The van der Waals surface area contributed by atoms with Crippen LogP contribution in [0.2, 0.25) is 0 Å². The van der Waals surface area contributed by atoms with E-state index in [1.807, 2.05) is 18.2 Å². The molecule has 1 aliphatic heterocycles. The number of amides is 1. The van der Waals surface area contributed by atoms with E-state index in [-0.39, 0.29) is 11.5 Å². The first-order valence-electron chi connectivity index (χ1n) is 12.5. The summed E-state index contributed by atoms with van der Waals surface area (Å²) in [6, 6.07) is 13.8. The van der Waals surface area contributed by atoms with Crippen LogP contribution in [0.25, 0.3) is 32.8 Å². The summed E-state index contributed by atoms with van der Waals surface area (Å²) in [6.07, 6.45) is 3.49. The second kappa shape index (κ2) is 7.89. The largest absolute Gasteiger partial charge is 0.487 e. The Kier molecular flexibility index (Phi) is 5.01. The smallest absolute Gasteiger partial charge is 0.277 e. The first kappa shape index (κ1) is 22.2. The van der Waals surface area contributed by atoms with Crippen LogP contribution in [0.1, 0.15) is 61.9 Å². The first-order chi connectivity index (χ1) is 16.8. The molecule has 0 saturated heterocycles. The second-order valence-corrected chi connectivity index (χ2v) is 10.7. The molecule has 2 aliphatic rings. The standard InChI is InChI=1S/C29H31N3O3/c1-16-10-12-21-20(14-16)24-26-25(18-8-6-7-9-19(18)27(24)35-29(21,2)3)30-22-13-11-17(15-23(22)31-26)28(33)32(4)34-5/h6-9,11,13,15-16,20-21H,10,12,14H2,1-5H3. The summed E-state index contributed by atoms with van der Waals surface area (Å²) in [5.74, 6) is 2.18. The van der Waals surface area contributed by atoms with Crippen LogP contribution in [-0.2, 0) is 4.84 Å². The molecule has 6 heteroatoms. The van der Waals surface area contributed by atoms with Crippen molar-refractivity contribution in [1.82, 2.24) is 15.0 Å². The van der Waals surface area contributed by atoms with E-state index in [1.165, 1.54) is 24.2 Å². The van der Waals surface area contributed by atoms with E-state index in [9.17, 15) is 4.79 Å². The van der Waals surface area contributed by atoms with E-state index < -0.39 is 0 Å². The molecule has 1 saturated carbocycles. The average molecular weight is 470 g/mol. The van der Waals surface area contributed by atoms with Crippen molar-refractivity contribution in [3.8, 4) is 5.75 Å². The van der Waals surface area contributed by atoms with Gasteiger partial charge in [0.1, 0.15) is 11.4 Å². The number of fused-ring (bicyclic) bond motifs is 9. The lowest BCUT2D eigenvalue weighted by atomic mass is 9.64. The molecular formula is C29H31N3O3. The quantitative estimate of drug-likeness (QED) is 0.197. The number of carbonyl (C=O) groups is 1. The molecule has 2 heterocycles. The molecule has 0 N–H and O–H groups in total. The minimum Gasteiger partial charge on any atom is -0.487 e. The van der Waals surface area contributed by atoms with E-state index in [0.717, 1.165) is 45.9 Å². The van der Waals surface area contributed by atoms with Crippen molar-refractivity contribution < 1.29 is 14.4 Å². The van der Waals surface area contributed by atoms with Crippen molar-refractivity contribution >= 4 is 38.7 Å². The van der Waals surface area contributed by atoms with Gasteiger partial charge in [0.25, 0.3) is 5.91 Å². The molecule has 1 aliphatic carbocycles. The topological polar surface area (TPSA) is 64.5 Å². The number of carbonyl (C=O) groups excluding carboxylic acids is 1. The molecule has 0 bridgehead atoms. The van der Waals surface area contributed by atoms with Crippen LogP contribution >= 0.6 is 0 Å². The van der Waals surface area contributed by atoms with Crippen LogP contribution in [0, 0.1) is 11.8 Å². The summed E-state index contributed by atoms with van der Waals surface area (Å²) in [5, 5.41) is 3.37. The predicted molar refractivity (Wildman–Crippen MR) is 138 cm³/mol. The van der Waals surface area contributed by atoms with Crippen LogP contribution in [0.3, 0.4) is 0 Å². The van der Waals surface area contributed by atoms with E-state index in [2.05, 4.69) is 39.0 Å². The van der Waals surface area contributed by atoms with Crippen molar-refractivity contribution in [3.05, 3.63) is 53.6 Å². The van der Waals surface area contributed by atoms with Crippen molar-refractivity contribution in [2.24, 2.45) is 11.8 Å². The van der Waals surface area contributed by atoms with Crippen molar-refractivity contribution in [2.45, 2.75) is 51.6 Å². The van der Waals surface area contributed by atoms with E-state index in [4.69, 9.17) is 19.5 Å². The van der Waals surface area contributed by atoms with Crippen molar-refractivity contribution in [3.63, 3.8) is 0 Å². The van der Waals surface area contributed by atoms with Gasteiger partial charge in [-0.3, -0.25) is 9.63 Å². The minimum absolute atomic E-state index is 0.219. The van der Waals surface area contributed by atoms with Gasteiger partial charge < -0.3 is 4.74 Å². The van der Waals surface area contributed by atoms with Crippen LogP contribution < -0.4 is 4.74 Å². The van der Waals surface area contributed by atoms with Gasteiger partial charge in [-0.2, -0.15) is 0 Å². The monoisotopic (exact) mass is 469 g/mol. The Morgan fingerprint density at radius 3 is 2.57 bits per heavy atom. The molecule has 3 aromatic carbocycles. The van der Waals surface area contributed by atoms with Crippen LogP contribution in [0.4, 0.5) is 0 Å². The number of hydrogen-bond acceptors (Lipinski definition) is 5. The molecule has 3 unspecified atom stereocenters. The zero-order valence-corrected chi connectivity index (χ0v) is 21.0. The Balaban J connectivity index is 1.67. The molecule has 0 spiro atoms. The number of benzene rings is 3. The molecule has 4 aromatic rings. The summed E-state index contributed by atoms with van der Waals surface area (Å²) in [4.78, 5) is 28.1. The van der Waals surface area contributed by atoms with Crippen LogP contribution in [-0.4, -0.2) is 40.7 Å². The lowest BCUT2D eigenvalue weighted by molar-refractivity contribution is -0.0756. The maximum absolute atomic E-state index is 12.7. The SMILES string of the molecule is CON(C)C(=O)c1ccc2nc3c(nc2c1)c1c(c2ccccc23)OC(C)(C)C2CCC(C)CC12. The van der Waals surface area contributed by atoms with Crippen molar-refractivity contribution in [1.29, 1.82) is 0 Å². The van der Waals surface area contributed by atoms with Crippen LogP contribution in [0.5, 0.6) is 5.75 Å². The number of rotatable bonds is 2. The molecule has 6 rings (SSSR count). The number of nitrogens with zero attached hydrogens (tertiary/aromatic N) is 3. The number of aromatic nitrogens is 2. The Morgan fingerprint density at radius 2 is 1.80 bits per heavy atom. The average Bonchev–Trinajstić information content (AvgIpc) is 2.86. The minimum atomic E-state index is -0.247. The number of hydrogen-bond donors (Lipinski definition) is 0. The Bertz CT molecular complexity index is 1500. The summed E-state index contributed by atoms with van der Waals surface area (Å²) >= 11 is 0. The molecule has 1 amide bonds. The van der Waals surface area contributed by atoms with Gasteiger partial charge in [0.2, 0.25) is 0 Å². The summed E-state index contributed by atoms with van der Waals surface area (Å²) in [5.41, 5.74) is 4.74. The number of hydroxylamine groups is 2. The highest BCUT2D eigenvalue weighted by Gasteiger charge is 2.47. The van der Waals surface area contributed by atoms with Gasteiger partial charge in [0.15, 0.2) is 0 Å².